The molecule has 0 aromatic heterocycles. The minimum atomic E-state index is -4.53. The molecule has 1 N–H and O–H groups in total. The predicted octanol–water partition coefficient (Wildman–Crippen LogP) is 3.66. The fraction of sp³-hybridized carbons (Fsp3) is 0.600. The Hall–Kier alpha value is -1.14. The van der Waals surface area contributed by atoms with E-state index in [0.717, 1.165) is 19.0 Å². The molecule has 0 aliphatic carbocycles. The van der Waals surface area contributed by atoms with Gasteiger partial charge in [-0.25, -0.2) is 4.39 Å². The summed E-state index contributed by atoms with van der Waals surface area (Å²) in [5.74, 6) is -0.871. The van der Waals surface area contributed by atoms with E-state index in [1.165, 1.54) is 6.07 Å². The van der Waals surface area contributed by atoms with Gasteiger partial charge in [0.15, 0.2) is 0 Å². The SMILES string of the molecule is CC(C)N(C)CCCNCc1ccc(F)cc1C(F)(F)F. The smallest absolute Gasteiger partial charge is 0.313 e. The van der Waals surface area contributed by atoms with Crippen LogP contribution in [0.1, 0.15) is 31.4 Å². The van der Waals surface area contributed by atoms with Crippen LogP contribution >= 0.6 is 0 Å². The van der Waals surface area contributed by atoms with Crippen LogP contribution in [0, 0.1) is 5.82 Å². The Morgan fingerprint density at radius 3 is 2.48 bits per heavy atom. The molecule has 0 amide bonds. The zero-order chi connectivity index (χ0) is 16.0. The number of hydrogen-bond acceptors (Lipinski definition) is 2. The van der Waals surface area contributed by atoms with Gasteiger partial charge < -0.3 is 10.2 Å². The number of alkyl halides is 3. The van der Waals surface area contributed by atoms with Crippen molar-refractivity contribution in [3.63, 3.8) is 0 Å². The summed E-state index contributed by atoms with van der Waals surface area (Å²) in [6.45, 7) is 5.75. The first-order valence-corrected chi connectivity index (χ1v) is 6.98. The highest BCUT2D eigenvalue weighted by molar-refractivity contribution is 5.30. The average molecular weight is 306 g/mol. The zero-order valence-electron chi connectivity index (χ0n) is 12.6. The third-order valence-corrected chi connectivity index (χ3v) is 3.44. The second kappa shape index (κ2) is 7.75. The van der Waals surface area contributed by atoms with Gasteiger partial charge in [0, 0.05) is 12.6 Å². The maximum absolute atomic E-state index is 13.0. The summed E-state index contributed by atoms with van der Waals surface area (Å²) in [5, 5.41) is 2.98. The molecule has 0 saturated heterocycles. The molecule has 1 rings (SSSR count). The maximum atomic E-state index is 13.0. The lowest BCUT2D eigenvalue weighted by Gasteiger charge is -2.20. The van der Waals surface area contributed by atoms with E-state index in [1.54, 1.807) is 0 Å². The van der Waals surface area contributed by atoms with E-state index < -0.39 is 17.6 Å². The molecular weight excluding hydrogens is 284 g/mol. The summed E-state index contributed by atoms with van der Waals surface area (Å²) >= 11 is 0. The molecule has 1 aromatic rings. The first kappa shape index (κ1) is 17.9. The molecule has 0 saturated carbocycles. The van der Waals surface area contributed by atoms with E-state index in [0.29, 0.717) is 18.7 Å². The summed E-state index contributed by atoms with van der Waals surface area (Å²) < 4.78 is 51.4. The zero-order valence-corrected chi connectivity index (χ0v) is 12.6. The van der Waals surface area contributed by atoms with Crippen molar-refractivity contribution >= 4 is 0 Å². The Labute approximate surface area is 123 Å². The van der Waals surface area contributed by atoms with Gasteiger partial charge in [-0.2, -0.15) is 13.2 Å². The van der Waals surface area contributed by atoms with Crippen molar-refractivity contribution in [2.24, 2.45) is 0 Å². The highest BCUT2D eigenvalue weighted by Gasteiger charge is 2.33. The lowest BCUT2D eigenvalue weighted by molar-refractivity contribution is -0.138. The number of nitrogens with one attached hydrogen (secondary N) is 1. The van der Waals surface area contributed by atoms with Crippen LogP contribution in [0.4, 0.5) is 17.6 Å². The van der Waals surface area contributed by atoms with Crippen LogP contribution in [0.3, 0.4) is 0 Å². The van der Waals surface area contributed by atoms with Gasteiger partial charge in [0.1, 0.15) is 5.82 Å². The van der Waals surface area contributed by atoms with Gasteiger partial charge in [-0.15, -0.1) is 0 Å². The number of rotatable bonds is 7. The highest BCUT2D eigenvalue weighted by Crippen LogP contribution is 2.32. The quantitative estimate of drug-likeness (QED) is 0.611. The van der Waals surface area contributed by atoms with E-state index in [9.17, 15) is 17.6 Å². The topological polar surface area (TPSA) is 15.3 Å². The van der Waals surface area contributed by atoms with Crippen molar-refractivity contribution in [1.29, 1.82) is 0 Å². The molecule has 0 bridgehead atoms. The summed E-state index contributed by atoms with van der Waals surface area (Å²) in [4.78, 5) is 2.17. The maximum Gasteiger partial charge on any atom is 0.416 e. The molecule has 1 aromatic carbocycles. The Bertz CT molecular complexity index is 444. The Kier molecular flexibility index (Phi) is 6.61. The van der Waals surface area contributed by atoms with Gasteiger partial charge in [-0.1, -0.05) is 6.07 Å². The van der Waals surface area contributed by atoms with Crippen LogP contribution in [0.15, 0.2) is 18.2 Å². The lowest BCUT2D eigenvalue weighted by atomic mass is 10.1. The van der Waals surface area contributed by atoms with Crippen molar-refractivity contribution < 1.29 is 17.6 Å². The standard InChI is InChI=1S/C15H22F4N2/c1-11(2)21(3)8-4-7-20-10-12-5-6-13(16)9-14(12)15(17,18)19/h5-6,9,11,20H,4,7-8,10H2,1-3H3. The van der Waals surface area contributed by atoms with E-state index in [2.05, 4.69) is 24.1 Å². The van der Waals surface area contributed by atoms with Gasteiger partial charge in [0.05, 0.1) is 5.56 Å². The van der Waals surface area contributed by atoms with Crippen molar-refractivity contribution in [2.75, 3.05) is 20.1 Å². The molecule has 0 fully saturated rings. The van der Waals surface area contributed by atoms with Crippen molar-refractivity contribution in [1.82, 2.24) is 10.2 Å². The molecule has 21 heavy (non-hydrogen) atoms. The summed E-state index contributed by atoms with van der Waals surface area (Å²) in [6.07, 6.45) is -3.69. The minimum absolute atomic E-state index is 0.0705. The Morgan fingerprint density at radius 1 is 1.24 bits per heavy atom. The van der Waals surface area contributed by atoms with Gasteiger partial charge in [0.2, 0.25) is 0 Å². The predicted molar refractivity (Wildman–Crippen MR) is 75.5 cm³/mol. The fourth-order valence-electron chi connectivity index (χ4n) is 1.90. The Morgan fingerprint density at radius 2 is 1.90 bits per heavy atom. The van der Waals surface area contributed by atoms with Crippen molar-refractivity contribution in [2.45, 2.75) is 39.0 Å². The molecular formula is C15H22F4N2. The van der Waals surface area contributed by atoms with Crippen LogP contribution in [-0.2, 0) is 12.7 Å². The molecule has 6 heteroatoms. The molecule has 0 atom stereocenters. The van der Waals surface area contributed by atoms with Gasteiger partial charge in [-0.05, 0) is 58.1 Å². The van der Waals surface area contributed by atoms with Crippen LogP contribution in [0.2, 0.25) is 0 Å². The number of hydrogen-bond donors (Lipinski definition) is 1. The average Bonchev–Trinajstić information content (AvgIpc) is 2.38. The second-order valence-corrected chi connectivity index (χ2v) is 5.40. The van der Waals surface area contributed by atoms with Crippen LogP contribution in [-0.4, -0.2) is 31.1 Å². The molecule has 120 valence electrons. The normalized spacial score (nSPS) is 12.4. The molecule has 0 heterocycles. The van der Waals surface area contributed by atoms with Crippen molar-refractivity contribution in [3.05, 3.63) is 35.1 Å². The van der Waals surface area contributed by atoms with E-state index >= 15 is 0 Å². The van der Waals surface area contributed by atoms with Gasteiger partial charge >= 0.3 is 6.18 Å². The third-order valence-electron chi connectivity index (χ3n) is 3.44. The van der Waals surface area contributed by atoms with Crippen LogP contribution in [0.25, 0.3) is 0 Å². The first-order chi connectivity index (χ1) is 9.71. The number of nitrogens with zero attached hydrogens (tertiary/aromatic N) is 1. The fourth-order valence-corrected chi connectivity index (χ4v) is 1.90. The Balaban J connectivity index is 2.49. The third kappa shape index (κ3) is 6.01. The minimum Gasteiger partial charge on any atom is -0.313 e. The molecule has 0 unspecified atom stereocenters. The summed E-state index contributed by atoms with van der Waals surface area (Å²) in [7, 11) is 2.01. The van der Waals surface area contributed by atoms with Crippen LogP contribution in [0.5, 0.6) is 0 Å². The van der Waals surface area contributed by atoms with E-state index in [1.807, 2.05) is 7.05 Å². The molecule has 0 aliphatic heterocycles. The molecule has 0 aliphatic rings. The van der Waals surface area contributed by atoms with E-state index in [4.69, 9.17) is 0 Å². The summed E-state index contributed by atoms with van der Waals surface area (Å²) in [5.41, 5.74) is -0.838. The number of benzene rings is 1. The molecule has 0 radical (unpaired) electrons. The van der Waals surface area contributed by atoms with E-state index in [-0.39, 0.29) is 12.1 Å². The molecule has 2 nitrogen and oxygen atoms in total. The number of halogens is 4. The highest BCUT2D eigenvalue weighted by atomic mass is 19.4. The van der Waals surface area contributed by atoms with Crippen LogP contribution < -0.4 is 5.32 Å². The van der Waals surface area contributed by atoms with Gasteiger partial charge in [-0.3, -0.25) is 0 Å². The first-order valence-electron chi connectivity index (χ1n) is 6.98. The molecule has 0 spiro atoms. The second-order valence-electron chi connectivity index (χ2n) is 5.40. The lowest BCUT2D eigenvalue weighted by Crippen LogP contribution is -2.29. The monoisotopic (exact) mass is 306 g/mol. The summed E-state index contributed by atoms with van der Waals surface area (Å²) in [6, 6.07) is 3.23. The van der Waals surface area contributed by atoms with Crippen molar-refractivity contribution in [3.8, 4) is 0 Å². The van der Waals surface area contributed by atoms with Gasteiger partial charge in [0.25, 0.3) is 0 Å². The largest absolute Gasteiger partial charge is 0.416 e.